The smallest absolute Gasteiger partial charge is 0.225 e. The number of carbonyl (C=O) groups is 1. The zero-order valence-corrected chi connectivity index (χ0v) is 16.6. The van der Waals surface area contributed by atoms with Crippen LogP contribution in [0.5, 0.6) is 17.2 Å². The average molecular weight is 390 g/mol. The molecular formula is C23H22N2O4. The molecule has 0 aliphatic heterocycles. The van der Waals surface area contributed by atoms with Crippen LogP contribution in [0.25, 0.3) is 10.8 Å². The van der Waals surface area contributed by atoms with Gasteiger partial charge >= 0.3 is 0 Å². The van der Waals surface area contributed by atoms with E-state index < -0.39 is 6.04 Å². The van der Waals surface area contributed by atoms with Crippen LogP contribution in [-0.2, 0) is 11.2 Å². The number of hydrogen-bond donors (Lipinski definition) is 1. The number of nitrogens with zero attached hydrogens (tertiary/aromatic N) is 1. The highest BCUT2D eigenvalue weighted by atomic mass is 16.5. The summed E-state index contributed by atoms with van der Waals surface area (Å²) in [5.74, 6) is 1.02. The molecule has 0 saturated carbocycles. The van der Waals surface area contributed by atoms with Gasteiger partial charge in [-0.15, -0.1) is 0 Å². The molecule has 29 heavy (non-hydrogen) atoms. The lowest BCUT2D eigenvalue weighted by Gasteiger charge is -2.17. The lowest BCUT2D eigenvalue weighted by Crippen LogP contribution is -2.29. The molecule has 1 amide bonds. The number of methoxy groups -OCH3 is 3. The van der Waals surface area contributed by atoms with Crippen molar-refractivity contribution in [3.05, 3.63) is 65.7 Å². The van der Waals surface area contributed by atoms with Gasteiger partial charge in [-0.05, 0) is 34.0 Å². The Hall–Kier alpha value is -3.72. The zero-order chi connectivity index (χ0) is 20.8. The Bertz CT molecular complexity index is 1050. The summed E-state index contributed by atoms with van der Waals surface area (Å²) in [5, 5.41) is 14.6. The maximum atomic E-state index is 12.6. The molecule has 1 unspecified atom stereocenters. The fourth-order valence-corrected chi connectivity index (χ4v) is 3.20. The van der Waals surface area contributed by atoms with Crippen LogP contribution in [0.3, 0.4) is 0 Å². The largest absolute Gasteiger partial charge is 0.493 e. The summed E-state index contributed by atoms with van der Waals surface area (Å²) in [6.45, 7) is 0. The van der Waals surface area contributed by atoms with Crippen LogP contribution < -0.4 is 19.5 Å². The van der Waals surface area contributed by atoms with Gasteiger partial charge in [-0.25, -0.2) is 0 Å². The van der Waals surface area contributed by atoms with Crippen LogP contribution in [0.4, 0.5) is 0 Å². The number of amides is 1. The molecule has 0 aliphatic rings. The summed E-state index contributed by atoms with van der Waals surface area (Å²) in [6.07, 6.45) is 0.174. The third-order valence-corrected chi connectivity index (χ3v) is 4.63. The molecule has 0 aromatic heterocycles. The second-order valence-corrected chi connectivity index (χ2v) is 6.45. The van der Waals surface area contributed by atoms with E-state index in [2.05, 4.69) is 11.4 Å². The van der Waals surface area contributed by atoms with E-state index >= 15 is 0 Å². The summed E-state index contributed by atoms with van der Waals surface area (Å²) in [7, 11) is 4.51. The summed E-state index contributed by atoms with van der Waals surface area (Å²) in [6, 6.07) is 18.4. The van der Waals surface area contributed by atoms with Crippen LogP contribution in [0.2, 0.25) is 0 Å². The predicted molar refractivity (Wildman–Crippen MR) is 110 cm³/mol. The molecule has 6 heteroatoms. The molecule has 0 fully saturated rings. The first-order valence-corrected chi connectivity index (χ1v) is 9.06. The Balaban J connectivity index is 1.80. The summed E-state index contributed by atoms with van der Waals surface area (Å²) < 4.78 is 16.0. The zero-order valence-electron chi connectivity index (χ0n) is 16.6. The van der Waals surface area contributed by atoms with E-state index in [0.29, 0.717) is 22.8 Å². The van der Waals surface area contributed by atoms with Crippen molar-refractivity contribution in [1.82, 2.24) is 5.32 Å². The maximum absolute atomic E-state index is 12.6. The minimum atomic E-state index is -0.850. The molecule has 1 N–H and O–H groups in total. The Labute approximate surface area is 169 Å². The number of carbonyl (C=O) groups excluding carboxylic acids is 1. The fourth-order valence-electron chi connectivity index (χ4n) is 3.20. The highest BCUT2D eigenvalue weighted by Gasteiger charge is 2.20. The molecule has 0 aliphatic carbocycles. The van der Waals surface area contributed by atoms with Crippen molar-refractivity contribution >= 4 is 16.7 Å². The molecule has 0 heterocycles. The molecular weight excluding hydrogens is 368 g/mol. The molecule has 3 aromatic carbocycles. The molecule has 0 saturated heterocycles. The van der Waals surface area contributed by atoms with Crippen LogP contribution in [0.1, 0.15) is 17.2 Å². The van der Waals surface area contributed by atoms with E-state index in [1.807, 2.05) is 42.5 Å². The lowest BCUT2D eigenvalue weighted by atomic mass is 10.0. The van der Waals surface area contributed by atoms with Crippen molar-refractivity contribution in [2.75, 3.05) is 21.3 Å². The number of nitrogens with one attached hydrogen (secondary N) is 1. The number of fused-ring (bicyclic) bond motifs is 1. The van der Waals surface area contributed by atoms with E-state index in [1.54, 1.807) is 12.1 Å². The number of benzene rings is 3. The second-order valence-electron chi connectivity index (χ2n) is 6.45. The van der Waals surface area contributed by atoms with Crippen molar-refractivity contribution in [1.29, 1.82) is 5.26 Å². The van der Waals surface area contributed by atoms with Crippen molar-refractivity contribution < 1.29 is 19.0 Å². The third kappa shape index (κ3) is 4.41. The highest BCUT2D eigenvalue weighted by Crippen LogP contribution is 2.39. The monoisotopic (exact) mass is 390 g/mol. The van der Waals surface area contributed by atoms with Crippen LogP contribution in [0, 0.1) is 11.3 Å². The lowest BCUT2D eigenvalue weighted by molar-refractivity contribution is -0.120. The number of hydrogen-bond acceptors (Lipinski definition) is 5. The fraction of sp³-hybridized carbons (Fsp3) is 0.217. The molecule has 0 spiro atoms. The minimum absolute atomic E-state index is 0.174. The molecule has 148 valence electrons. The standard InChI is InChI=1S/C23H22N2O4/c1-27-20-12-18(13-21(28-2)23(20)29-3)19(14-24)25-22(26)11-15-8-9-16-6-4-5-7-17(16)10-15/h4-10,12-13,19H,11H2,1-3H3,(H,25,26). The van der Waals surface area contributed by atoms with Gasteiger partial charge in [0.15, 0.2) is 11.5 Å². The average Bonchev–Trinajstić information content (AvgIpc) is 2.76. The van der Waals surface area contributed by atoms with Crippen LogP contribution >= 0.6 is 0 Å². The third-order valence-electron chi connectivity index (χ3n) is 4.63. The van der Waals surface area contributed by atoms with Crippen molar-refractivity contribution in [3.8, 4) is 23.3 Å². The molecule has 0 bridgehead atoms. The molecule has 6 nitrogen and oxygen atoms in total. The van der Waals surface area contributed by atoms with Gasteiger partial charge in [0.1, 0.15) is 6.04 Å². The molecule has 1 atom stereocenters. The van der Waals surface area contributed by atoms with Crippen molar-refractivity contribution in [3.63, 3.8) is 0 Å². The van der Waals surface area contributed by atoms with E-state index in [1.165, 1.54) is 21.3 Å². The van der Waals surface area contributed by atoms with Gasteiger partial charge in [-0.1, -0.05) is 42.5 Å². The van der Waals surface area contributed by atoms with E-state index in [9.17, 15) is 10.1 Å². The predicted octanol–water partition coefficient (Wildman–Crippen LogP) is 3.79. The van der Waals surface area contributed by atoms with E-state index in [4.69, 9.17) is 14.2 Å². The first-order valence-electron chi connectivity index (χ1n) is 9.06. The summed E-state index contributed by atoms with van der Waals surface area (Å²) >= 11 is 0. The molecule has 3 aromatic rings. The minimum Gasteiger partial charge on any atom is -0.493 e. The molecule has 3 rings (SSSR count). The van der Waals surface area contributed by atoms with Crippen molar-refractivity contribution in [2.45, 2.75) is 12.5 Å². The first kappa shape index (κ1) is 20.0. The van der Waals surface area contributed by atoms with Gasteiger partial charge in [-0.3, -0.25) is 4.79 Å². The van der Waals surface area contributed by atoms with Gasteiger partial charge in [0.2, 0.25) is 11.7 Å². The van der Waals surface area contributed by atoms with Gasteiger partial charge in [-0.2, -0.15) is 5.26 Å². The van der Waals surface area contributed by atoms with Crippen LogP contribution in [-0.4, -0.2) is 27.2 Å². The summed E-state index contributed by atoms with van der Waals surface area (Å²) in [4.78, 5) is 12.6. The SMILES string of the molecule is COc1cc(C(C#N)NC(=O)Cc2ccc3ccccc3c2)cc(OC)c1OC. The topological polar surface area (TPSA) is 80.6 Å². The Kier molecular flexibility index (Phi) is 6.20. The quantitative estimate of drug-likeness (QED) is 0.664. The number of rotatable bonds is 7. The molecule has 0 radical (unpaired) electrons. The van der Waals surface area contributed by atoms with Gasteiger partial charge < -0.3 is 19.5 Å². The van der Waals surface area contributed by atoms with E-state index in [-0.39, 0.29) is 12.3 Å². The van der Waals surface area contributed by atoms with E-state index in [0.717, 1.165) is 16.3 Å². The van der Waals surface area contributed by atoms with Gasteiger partial charge in [0, 0.05) is 0 Å². The highest BCUT2D eigenvalue weighted by molar-refractivity contribution is 5.85. The Morgan fingerprint density at radius 1 is 0.966 bits per heavy atom. The Morgan fingerprint density at radius 3 is 2.21 bits per heavy atom. The second kappa shape index (κ2) is 8.98. The number of ether oxygens (including phenoxy) is 3. The van der Waals surface area contributed by atoms with Crippen molar-refractivity contribution in [2.24, 2.45) is 0 Å². The normalized spacial score (nSPS) is 11.4. The first-order chi connectivity index (χ1) is 14.1. The Morgan fingerprint density at radius 2 is 1.62 bits per heavy atom. The van der Waals surface area contributed by atoms with Crippen LogP contribution in [0.15, 0.2) is 54.6 Å². The van der Waals surface area contributed by atoms with Gasteiger partial charge in [0.25, 0.3) is 0 Å². The number of nitriles is 1. The maximum Gasteiger partial charge on any atom is 0.225 e. The summed E-state index contributed by atoms with van der Waals surface area (Å²) in [5.41, 5.74) is 1.43. The van der Waals surface area contributed by atoms with Gasteiger partial charge in [0.05, 0.1) is 33.8 Å².